The molecule has 1 amide bonds. The van der Waals surface area contributed by atoms with Crippen LogP contribution in [0.25, 0.3) is 26.4 Å². The van der Waals surface area contributed by atoms with Crippen molar-refractivity contribution in [1.82, 2.24) is 19.6 Å². The van der Waals surface area contributed by atoms with Crippen LogP contribution in [-0.4, -0.2) is 63.9 Å². The van der Waals surface area contributed by atoms with Crippen molar-refractivity contribution in [2.45, 2.75) is 44.2 Å². The molecule has 0 radical (unpaired) electrons. The van der Waals surface area contributed by atoms with E-state index in [9.17, 15) is 9.59 Å². The first kappa shape index (κ1) is 27.0. The highest BCUT2D eigenvalue weighted by atomic mass is 32.1. The molecule has 1 aliphatic carbocycles. The number of aromatic nitrogens is 4. The zero-order chi connectivity index (χ0) is 28.8. The van der Waals surface area contributed by atoms with E-state index in [1.807, 2.05) is 22.4 Å². The number of fused-ring (bicyclic) bond motifs is 2. The third kappa shape index (κ3) is 4.93. The van der Waals surface area contributed by atoms with E-state index >= 15 is 0 Å². The van der Waals surface area contributed by atoms with Crippen LogP contribution < -0.4 is 27.1 Å². The Morgan fingerprint density at radius 3 is 2.83 bits per heavy atom. The first-order valence-corrected chi connectivity index (χ1v) is 15.7. The molecule has 5 N–H and O–H groups in total. The Labute approximate surface area is 248 Å². The lowest BCUT2D eigenvalue weighted by atomic mass is 9.91. The predicted octanol–water partition coefficient (Wildman–Crippen LogP) is 3.23. The number of hydrogen-bond donors (Lipinski definition) is 3. The summed E-state index contributed by atoms with van der Waals surface area (Å²) in [6.45, 7) is 2.54. The molecule has 218 valence electrons. The number of carbonyl (C=O) groups is 1. The van der Waals surface area contributed by atoms with Gasteiger partial charge in [-0.2, -0.15) is 0 Å². The van der Waals surface area contributed by atoms with Gasteiger partial charge in [0.2, 0.25) is 11.4 Å². The van der Waals surface area contributed by atoms with Crippen LogP contribution >= 0.6 is 22.7 Å². The minimum Gasteiger partial charge on any atom is -0.439 e. The Balaban J connectivity index is 1.23. The van der Waals surface area contributed by atoms with Crippen LogP contribution in [0.5, 0.6) is 0 Å². The number of nitrogens with two attached hydrogens (primary N) is 2. The van der Waals surface area contributed by atoms with Gasteiger partial charge < -0.3 is 30.8 Å². The smallest absolute Gasteiger partial charge is 0.254 e. The van der Waals surface area contributed by atoms with Crippen LogP contribution in [0.1, 0.15) is 46.6 Å². The standard InChI is InChI=1S/C28H30N8O4S2/c29-17-3-1-2-4-18(17)32-28-33-19(23(26(30)38)27-34-31-14-36(27)28)11-15-5-6-21(42-15)16-13-41-25-20(37)12-22(40-24(16)25)35-7-9-39-10-8-35/h5-6,12-14,17-18H,1-4,7-11,29H2,(H2,30,38)(H,32,33)/t17-,18+/m1/s1. The molecule has 0 spiro atoms. The first-order valence-electron chi connectivity index (χ1n) is 14.0. The number of anilines is 2. The Bertz CT molecular complexity index is 1840. The molecule has 12 nitrogen and oxygen atoms in total. The molecule has 0 aromatic carbocycles. The molecule has 0 bridgehead atoms. The highest BCUT2D eigenvalue weighted by Gasteiger charge is 2.26. The molecular formula is C28H30N8O4S2. The molecule has 0 unspecified atom stereocenters. The normalized spacial score (nSPS) is 19.5. The summed E-state index contributed by atoms with van der Waals surface area (Å²) in [6.07, 6.45) is 5.97. The van der Waals surface area contributed by atoms with Crippen molar-refractivity contribution in [3.63, 3.8) is 0 Å². The average molecular weight is 607 g/mol. The van der Waals surface area contributed by atoms with Crippen molar-refractivity contribution in [2.75, 3.05) is 36.5 Å². The minimum atomic E-state index is -0.616. The maximum absolute atomic E-state index is 12.9. The Kier molecular flexibility index (Phi) is 7.14. The van der Waals surface area contributed by atoms with E-state index in [2.05, 4.69) is 15.5 Å². The second kappa shape index (κ2) is 11.1. The van der Waals surface area contributed by atoms with E-state index in [0.717, 1.165) is 41.0 Å². The summed E-state index contributed by atoms with van der Waals surface area (Å²) in [7, 11) is 0. The van der Waals surface area contributed by atoms with Gasteiger partial charge in [-0.1, -0.05) is 12.8 Å². The first-order chi connectivity index (χ1) is 20.5. The summed E-state index contributed by atoms with van der Waals surface area (Å²) in [5.74, 6) is 0.478. The fourth-order valence-electron chi connectivity index (χ4n) is 5.74. The van der Waals surface area contributed by atoms with E-state index in [1.165, 1.54) is 17.7 Å². The lowest BCUT2D eigenvalue weighted by Gasteiger charge is -2.30. The Morgan fingerprint density at radius 1 is 1.19 bits per heavy atom. The van der Waals surface area contributed by atoms with Gasteiger partial charge in [-0.15, -0.1) is 32.9 Å². The monoisotopic (exact) mass is 606 g/mol. The summed E-state index contributed by atoms with van der Waals surface area (Å²) in [5, 5.41) is 13.7. The van der Waals surface area contributed by atoms with Crippen molar-refractivity contribution in [2.24, 2.45) is 11.5 Å². The van der Waals surface area contributed by atoms with Crippen LogP contribution in [0.3, 0.4) is 0 Å². The zero-order valence-electron chi connectivity index (χ0n) is 22.7. The number of thiophene rings is 2. The number of nitrogens with zero attached hydrogens (tertiary/aromatic N) is 5. The van der Waals surface area contributed by atoms with E-state index in [-0.39, 0.29) is 23.1 Å². The van der Waals surface area contributed by atoms with Gasteiger partial charge in [0.1, 0.15) is 16.6 Å². The number of hydrogen-bond acceptors (Lipinski definition) is 12. The van der Waals surface area contributed by atoms with Gasteiger partial charge >= 0.3 is 0 Å². The van der Waals surface area contributed by atoms with Crippen LogP contribution in [0.15, 0.2) is 39.1 Å². The van der Waals surface area contributed by atoms with Crippen molar-refractivity contribution in [1.29, 1.82) is 0 Å². The molecule has 1 saturated heterocycles. The summed E-state index contributed by atoms with van der Waals surface area (Å²) < 4.78 is 14.0. The van der Waals surface area contributed by atoms with Gasteiger partial charge in [0.05, 0.1) is 18.9 Å². The Morgan fingerprint density at radius 2 is 2.02 bits per heavy atom. The van der Waals surface area contributed by atoms with E-state index in [0.29, 0.717) is 66.2 Å². The third-order valence-electron chi connectivity index (χ3n) is 7.93. The van der Waals surface area contributed by atoms with Crippen LogP contribution in [0.4, 0.5) is 11.8 Å². The van der Waals surface area contributed by atoms with Gasteiger partial charge in [-0.05, 0) is 25.0 Å². The largest absolute Gasteiger partial charge is 0.439 e. The molecule has 14 heteroatoms. The fourth-order valence-corrected chi connectivity index (χ4v) is 7.74. The number of rotatable bonds is 7. The maximum Gasteiger partial charge on any atom is 0.254 e. The molecule has 1 saturated carbocycles. The molecule has 42 heavy (non-hydrogen) atoms. The number of morpholine rings is 1. The molecular weight excluding hydrogens is 576 g/mol. The van der Waals surface area contributed by atoms with Gasteiger partial charge in [0, 0.05) is 58.4 Å². The van der Waals surface area contributed by atoms with Gasteiger partial charge in [0.15, 0.2) is 17.1 Å². The number of nitrogens with one attached hydrogen (secondary N) is 1. The molecule has 5 aromatic heterocycles. The fraction of sp³-hybridized carbons (Fsp3) is 0.393. The van der Waals surface area contributed by atoms with Gasteiger partial charge in [-0.25, -0.2) is 4.98 Å². The summed E-state index contributed by atoms with van der Waals surface area (Å²) in [4.78, 5) is 34.4. The van der Waals surface area contributed by atoms with E-state index < -0.39 is 5.91 Å². The van der Waals surface area contributed by atoms with Crippen molar-refractivity contribution < 1.29 is 13.9 Å². The van der Waals surface area contributed by atoms with E-state index in [4.69, 9.17) is 25.6 Å². The van der Waals surface area contributed by atoms with Gasteiger partial charge in [-0.3, -0.25) is 14.0 Å². The third-order valence-corrected chi connectivity index (χ3v) is 10.0. The quantitative estimate of drug-likeness (QED) is 0.250. The van der Waals surface area contributed by atoms with Crippen molar-refractivity contribution in [3.05, 3.63) is 56.3 Å². The van der Waals surface area contributed by atoms with Crippen LogP contribution in [0, 0.1) is 0 Å². The molecule has 1 aliphatic heterocycles. The molecule has 2 fully saturated rings. The summed E-state index contributed by atoms with van der Waals surface area (Å²) in [6, 6.07) is 5.63. The molecule has 5 aromatic rings. The molecule has 2 aliphatic rings. The van der Waals surface area contributed by atoms with Crippen molar-refractivity contribution >= 4 is 56.3 Å². The highest BCUT2D eigenvalue weighted by Crippen LogP contribution is 2.38. The van der Waals surface area contributed by atoms with Crippen LogP contribution in [0.2, 0.25) is 0 Å². The van der Waals surface area contributed by atoms with Crippen LogP contribution in [-0.2, 0) is 11.2 Å². The lowest BCUT2D eigenvalue weighted by Crippen LogP contribution is -2.43. The number of ether oxygens (including phenoxy) is 1. The second-order valence-corrected chi connectivity index (χ2v) is 12.7. The van der Waals surface area contributed by atoms with Gasteiger partial charge in [0.25, 0.3) is 5.91 Å². The Hall–Kier alpha value is -3.85. The molecule has 6 heterocycles. The SMILES string of the molecule is NC(=O)c1c(Cc2ccc(-c3csc4c(=O)cc(N5CCOCC5)oc34)s2)nc(N[C@H]2CCCC[C@H]2N)n2cnnc12. The zero-order valence-corrected chi connectivity index (χ0v) is 24.4. The highest BCUT2D eigenvalue weighted by molar-refractivity contribution is 7.19. The lowest BCUT2D eigenvalue weighted by molar-refractivity contribution is 0.1000. The van der Waals surface area contributed by atoms with E-state index in [1.54, 1.807) is 21.8 Å². The number of primary amides is 1. The minimum absolute atomic E-state index is 0.00968. The molecule has 7 rings (SSSR count). The predicted molar refractivity (Wildman–Crippen MR) is 163 cm³/mol. The topological polar surface area (TPSA) is 167 Å². The summed E-state index contributed by atoms with van der Waals surface area (Å²) in [5.41, 5.74) is 14.7. The average Bonchev–Trinajstić information content (AvgIpc) is 3.75. The maximum atomic E-state index is 12.9. The summed E-state index contributed by atoms with van der Waals surface area (Å²) >= 11 is 2.93. The number of carbonyl (C=O) groups excluding carboxylic acids is 1. The molecule has 2 atom stereocenters. The number of amides is 1. The second-order valence-electron chi connectivity index (χ2n) is 10.6. The van der Waals surface area contributed by atoms with Crippen molar-refractivity contribution in [3.8, 4) is 10.4 Å².